The second-order valence-corrected chi connectivity index (χ2v) is 7.10. The smallest absolute Gasteiger partial charge is 0.237 e. The topological polar surface area (TPSA) is 70.7 Å². The van der Waals surface area contributed by atoms with Crippen LogP contribution in [-0.2, 0) is 14.3 Å². The fraction of sp³-hybridized carbons (Fsp3) is 0.882. The average Bonchev–Trinajstić information content (AvgIpc) is 3.15. The SMILES string of the molecule is Cl.O=C(NCC1CCCN(C(=O)C2CCCOC2)C1)C1CCCN1. The van der Waals surface area contributed by atoms with Crippen molar-refractivity contribution in [2.24, 2.45) is 11.8 Å². The van der Waals surface area contributed by atoms with Crippen LogP contribution in [0.3, 0.4) is 0 Å². The molecule has 138 valence electrons. The van der Waals surface area contributed by atoms with Crippen molar-refractivity contribution in [3.63, 3.8) is 0 Å². The van der Waals surface area contributed by atoms with Gasteiger partial charge in [-0.1, -0.05) is 0 Å². The van der Waals surface area contributed by atoms with Crippen LogP contribution in [0.15, 0.2) is 0 Å². The predicted octanol–water partition coefficient (Wildman–Crippen LogP) is 0.942. The first-order valence-electron chi connectivity index (χ1n) is 9.11. The molecule has 3 unspecified atom stereocenters. The van der Waals surface area contributed by atoms with Gasteiger partial charge < -0.3 is 20.3 Å². The first-order chi connectivity index (χ1) is 11.2. The average molecular weight is 360 g/mol. The van der Waals surface area contributed by atoms with Crippen LogP contribution in [0.2, 0.25) is 0 Å². The Labute approximate surface area is 150 Å². The Morgan fingerprint density at radius 1 is 1.17 bits per heavy atom. The number of hydrogen-bond acceptors (Lipinski definition) is 4. The molecule has 0 aliphatic carbocycles. The molecular formula is C17H30ClN3O3. The van der Waals surface area contributed by atoms with E-state index in [1.807, 2.05) is 4.90 Å². The van der Waals surface area contributed by atoms with Crippen molar-refractivity contribution < 1.29 is 14.3 Å². The van der Waals surface area contributed by atoms with Gasteiger partial charge in [0.2, 0.25) is 11.8 Å². The van der Waals surface area contributed by atoms with E-state index in [-0.39, 0.29) is 36.2 Å². The van der Waals surface area contributed by atoms with Crippen molar-refractivity contribution >= 4 is 24.2 Å². The zero-order chi connectivity index (χ0) is 16.1. The largest absolute Gasteiger partial charge is 0.381 e. The maximum atomic E-state index is 12.6. The molecule has 3 saturated heterocycles. The lowest BCUT2D eigenvalue weighted by Crippen LogP contribution is -2.48. The number of nitrogens with one attached hydrogen (secondary N) is 2. The molecule has 24 heavy (non-hydrogen) atoms. The minimum absolute atomic E-state index is 0. The van der Waals surface area contributed by atoms with Gasteiger partial charge in [0.1, 0.15) is 0 Å². The van der Waals surface area contributed by atoms with Gasteiger partial charge in [-0.3, -0.25) is 9.59 Å². The third kappa shape index (κ3) is 5.07. The summed E-state index contributed by atoms with van der Waals surface area (Å²) in [5.41, 5.74) is 0. The van der Waals surface area contributed by atoms with E-state index >= 15 is 0 Å². The molecule has 0 bridgehead atoms. The van der Waals surface area contributed by atoms with Gasteiger partial charge in [-0.25, -0.2) is 0 Å². The highest BCUT2D eigenvalue weighted by Gasteiger charge is 2.30. The van der Waals surface area contributed by atoms with Crippen LogP contribution in [0.4, 0.5) is 0 Å². The van der Waals surface area contributed by atoms with Crippen LogP contribution in [0.25, 0.3) is 0 Å². The first-order valence-corrected chi connectivity index (χ1v) is 9.11. The lowest BCUT2D eigenvalue weighted by molar-refractivity contribution is -0.141. The number of likely N-dealkylation sites (tertiary alicyclic amines) is 1. The number of rotatable bonds is 4. The summed E-state index contributed by atoms with van der Waals surface area (Å²) in [6, 6.07) is -0.0179. The lowest BCUT2D eigenvalue weighted by atomic mass is 9.94. The zero-order valence-corrected chi connectivity index (χ0v) is 15.1. The van der Waals surface area contributed by atoms with Crippen LogP contribution < -0.4 is 10.6 Å². The van der Waals surface area contributed by atoms with Gasteiger partial charge in [-0.15, -0.1) is 12.4 Å². The molecular weight excluding hydrogens is 330 g/mol. The molecule has 3 fully saturated rings. The van der Waals surface area contributed by atoms with Gasteiger partial charge in [0.15, 0.2) is 0 Å². The van der Waals surface area contributed by atoms with Gasteiger partial charge in [-0.2, -0.15) is 0 Å². The van der Waals surface area contributed by atoms with E-state index in [1.165, 1.54) is 0 Å². The summed E-state index contributed by atoms with van der Waals surface area (Å²) in [6.07, 6.45) is 6.06. The first kappa shape index (κ1) is 19.5. The summed E-state index contributed by atoms with van der Waals surface area (Å²) in [5.74, 6) is 0.784. The van der Waals surface area contributed by atoms with E-state index in [0.29, 0.717) is 19.1 Å². The maximum absolute atomic E-state index is 12.6. The van der Waals surface area contributed by atoms with Crippen LogP contribution in [0.5, 0.6) is 0 Å². The Bertz CT molecular complexity index is 423. The highest BCUT2D eigenvalue weighted by atomic mass is 35.5. The third-order valence-corrected chi connectivity index (χ3v) is 5.28. The van der Waals surface area contributed by atoms with Crippen molar-refractivity contribution in [2.75, 3.05) is 39.4 Å². The molecule has 3 atom stereocenters. The minimum Gasteiger partial charge on any atom is -0.381 e. The van der Waals surface area contributed by atoms with E-state index in [0.717, 1.165) is 64.8 Å². The van der Waals surface area contributed by atoms with Gasteiger partial charge in [0, 0.05) is 26.2 Å². The van der Waals surface area contributed by atoms with Crippen molar-refractivity contribution in [3.8, 4) is 0 Å². The molecule has 3 aliphatic heterocycles. The summed E-state index contributed by atoms with van der Waals surface area (Å²) in [5, 5.41) is 6.29. The number of halogens is 1. The summed E-state index contributed by atoms with van der Waals surface area (Å²) in [7, 11) is 0. The van der Waals surface area contributed by atoms with Gasteiger partial charge in [-0.05, 0) is 51.0 Å². The maximum Gasteiger partial charge on any atom is 0.237 e. The number of hydrogen-bond donors (Lipinski definition) is 2. The third-order valence-electron chi connectivity index (χ3n) is 5.28. The number of piperidine rings is 1. The number of carbonyl (C=O) groups is 2. The van der Waals surface area contributed by atoms with Crippen molar-refractivity contribution in [1.82, 2.24) is 15.5 Å². The molecule has 3 rings (SSSR count). The molecule has 2 N–H and O–H groups in total. The highest BCUT2D eigenvalue weighted by Crippen LogP contribution is 2.22. The molecule has 2 amide bonds. The minimum atomic E-state index is -0.0179. The number of ether oxygens (including phenoxy) is 1. The Hall–Kier alpha value is -0.850. The van der Waals surface area contributed by atoms with E-state index < -0.39 is 0 Å². The van der Waals surface area contributed by atoms with E-state index in [9.17, 15) is 9.59 Å². The quantitative estimate of drug-likeness (QED) is 0.783. The molecule has 0 aromatic rings. The molecule has 6 nitrogen and oxygen atoms in total. The Balaban J connectivity index is 0.00000208. The second kappa shape index (κ2) is 9.59. The summed E-state index contributed by atoms with van der Waals surface area (Å²) in [6.45, 7) is 4.60. The fourth-order valence-electron chi connectivity index (χ4n) is 3.90. The number of nitrogens with zero attached hydrogens (tertiary/aromatic N) is 1. The summed E-state index contributed by atoms with van der Waals surface area (Å²) < 4.78 is 5.45. The van der Waals surface area contributed by atoms with E-state index in [4.69, 9.17) is 4.74 Å². The Morgan fingerprint density at radius 3 is 2.75 bits per heavy atom. The molecule has 7 heteroatoms. The highest BCUT2D eigenvalue weighted by molar-refractivity contribution is 5.85. The predicted molar refractivity (Wildman–Crippen MR) is 94.1 cm³/mol. The molecule has 3 heterocycles. The van der Waals surface area contributed by atoms with Crippen molar-refractivity contribution in [3.05, 3.63) is 0 Å². The molecule has 0 aromatic heterocycles. The molecule has 0 spiro atoms. The monoisotopic (exact) mass is 359 g/mol. The molecule has 3 aliphatic rings. The van der Waals surface area contributed by atoms with E-state index in [1.54, 1.807) is 0 Å². The Morgan fingerprint density at radius 2 is 2.04 bits per heavy atom. The Kier molecular flexibility index (Phi) is 7.78. The normalized spacial score (nSPS) is 30.5. The van der Waals surface area contributed by atoms with Gasteiger partial charge in [0.05, 0.1) is 18.6 Å². The van der Waals surface area contributed by atoms with Crippen molar-refractivity contribution in [2.45, 2.75) is 44.6 Å². The molecule has 0 aromatic carbocycles. The van der Waals surface area contributed by atoms with E-state index in [2.05, 4.69) is 10.6 Å². The lowest BCUT2D eigenvalue weighted by Gasteiger charge is -2.36. The zero-order valence-electron chi connectivity index (χ0n) is 14.3. The van der Waals surface area contributed by atoms with Crippen molar-refractivity contribution in [1.29, 1.82) is 0 Å². The fourth-order valence-corrected chi connectivity index (χ4v) is 3.90. The molecule has 0 radical (unpaired) electrons. The van der Waals surface area contributed by atoms with Crippen LogP contribution >= 0.6 is 12.4 Å². The van der Waals surface area contributed by atoms with Crippen LogP contribution in [0, 0.1) is 11.8 Å². The number of carbonyl (C=O) groups excluding carboxylic acids is 2. The number of amides is 2. The van der Waals surface area contributed by atoms with Gasteiger partial charge in [0.25, 0.3) is 0 Å². The standard InChI is InChI=1S/C17H29N3O3.ClH/c21-16(15-6-1-7-18-15)19-10-13-4-2-8-20(11-13)17(22)14-5-3-9-23-12-14;/h13-15,18H,1-12H2,(H,19,21);1H. The summed E-state index contributed by atoms with van der Waals surface area (Å²) in [4.78, 5) is 26.7. The molecule has 0 saturated carbocycles. The van der Waals surface area contributed by atoms with Gasteiger partial charge >= 0.3 is 0 Å². The summed E-state index contributed by atoms with van der Waals surface area (Å²) >= 11 is 0. The van der Waals surface area contributed by atoms with Crippen LogP contribution in [-0.4, -0.2) is 62.1 Å². The van der Waals surface area contributed by atoms with Crippen LogP contribution in [0.1, 0.15) is 38.5 Å². The second-order valence-electron chi connectivity index (χ2n) is 7.10.